The second-order valence-electron chi connectivity index (χ2n) is 6.91. The number of carbonyl (C=O) groups is 1. The molecular weight excluding hydrogens is 396 g/mol. The van der Waals surface area contributed by atoms with Gasteiger partial charge in [0.15, 0.2) is 0 Å². The van der Waals surface area contributed by atoms with Crippen LogP contribution in [0.2, 0.25) is 5.02 Å². The van der Waals surface area contributed by atoms with Gasteiger partial charge >= 0.3 is 0 Å². The number of hydrogen-bond donors (Lipinski definition) is 1. The summed E-state index contributed by atoms with van der Waals surface area (Å²) in [6, 6.07) is 22.6. The molecule has 0 spiro atoms. The molecule has 0 saturated carbocycles. The number of carbonyl (C=O) groups excluding carboxylic acids is 1. The first-order valence-corrected chi connectivity index (χ1v) is 10.2. The van der Waals surface area contributed by atoms with Crippen molar-refractivity contribution in [1.29, 1.82) is 0 Å². The van der Waals surface area contributed by atoms with Crippen LogP contribution in [0.5, 0.6) is 0 Å². The molecule has 4 rings (SSSR count). The van der Waals surface area contributed by atoms with Crippen LogP contribution in [0.1, 0.15) is 21.5 Å². The predicted molar refractivity (Wildman–Crippen MR) is 121 cm³/mol. The van der Waals surface area contributed by atoms with Gasteiger partial charge in [-0.25, -0.2) is 0 Å². The predicted octanol–water partition coefficient (Wildman–Crippen LogP) is 4.83. The molecule has 3 aromatic carbocycles. The van der Waals surface area contributed by atoms with Gasteiger partial charge in [-0.2, -0.15) is 0 Å². The molecule has 1 aliphatic heterocycles. The molecule has 3 aromatic rings. The number of hydrogen-bond acceptors (Lipinski definition) is 3. The number of benzene rings is 3. The third-order valence-electron chi connectivity index (χ3n) is 4.83. The Morgan fingerprint density at radius 1 is 0.900 bits per heavy atom. The lowest BCUT2D eigenvalue weighted by molar-refractivity contribution is 0.102. The molecule has 0 radical (unpaired) electrons. The third kappa shape index (κ3) is 5.01. The fraction of sp³-hybridized carbons (Fsp3) is 0.160. The van der Waals surface area contributed by atoms with Gasteiger partial charge in [-0.3, -0.25) is 4.79 Å². The van der Waals surface area contributed by atoms with E-state index in [0.29, 0.717) is 29.5 Å². The molecule has 1 aliphatic rings. The minimum absolute atomic E-state index is 0.186. The molecule has 1 fully saturated rings. The topological polar surface area (TPSA) is 41.6 Å². The zero-order valence-corrected chi connectivity index (χ0v) is 17.2. The maximum Gasteiger partial charge on any atom is 0.255 e. The van der Waals surface area contributed by atoms with Gasteiger partial charge in [0.25, 0.3) is 5.91 Å². The fourth-order valence-corrected chi connectivity index (χ4v) is 3.43. The van der Waals surface area contributed by atoms with Crippen LogP contribution < -0.4 is 10.2 Å². The van der Waals surface area contributed by atoms with Crippen LogP contribution >= 0.6 is 11.6 Å². The summed E-state index contributed by atoms with van der Waals surface area (Å²) in [6.45, 7) is 2.89. The first-order valence-electron chi connectivity index (χ1n) is 9.80. The van der Waals surface area contributed by atoms with E-state index in [1.54, 1.807) is 18.2 Å². The van der Waals surface area contributed by atoms with E-state index in [1.165, 1.54) is 0 Å². The lowest BCUT2D eigenvalue weighted by Gasteiger charge is -2.30. The molecule has 1 heterocycles. The van der Waals surface area contributed by atoms with Crippen molar-refractivity contribution in [3.8, 4) is 11.8 Å². The smallest absolute Gasteiger partial charge is 0.255 e. The van der Waals surface area contributed by atoms with Gasteiger partial charge in [0.2, 0.25) is 0 Å². The number of amides is 1. The molecule has 1 saturated heterocycles. The van der Waals surface area contributed by atoms with Crippen molar-refractivity contribution in [1.82, 2.24) is 0 Å². The van der Waals surface area contributed by atoms with E-state index in [1.807, 2.05) is 54.6 Å². The highest BCUT2D eigenvalue weighted by atomic mass is 35.5. The van der Waals surface area contributed by atoms with Crippen molar-refractivity contribution in [3.05, 3.63) is 94.5 Å². The van der Waals surface area contributed by atoms with Crippen LogP contribution in [0.3, 0.4) is 0 Å². The van der Waals surface area contributed by atoms with Crippen LogP contribution in [0.25, 0.3) is 0 Å². The summed E-state index contributed by atoms with van der Waals surface area (Å²) in [6.07, 6.45) is 0. The lowest BCUT2D eigenvalue weighted by atomic mass is 10.1. The van der Waals surface area contributed by atoms with Gasteiger partial charge in [0, 0.05) is 34.8 Å². The second-order valence-corrected chi connectivity index (χ2v) is 7.34. The first-order chi connectivity index (χ1) is 14.7. The highest BCUT2D eigenvalue weighted by Gasteiger charge is 2.17. The molecule has 0 aromatic heterocycles. The average molecular weight is 417 g/mol. The van der Waals surface area contributed by atoms with Gasteiger partial charge in [-0.05, 0) is 54.6 Å². The normalized spacial score (nSPS) is 13.3. The van der Waals surface area contributed by atoms with Crippen LogP contribution in [0.15, 0.2) is 72.8 Å². The SMILES string of the molecule is O=C(Nc1cc(Cl)ccc1N1CCOCC1)c1ccc(C#Cc2ccccc2)cc1. The first kappa shape index (κ1) is 20.0. The molecule has 30 heavy (non-hydrogen) atoms. The summed E-state index contributed by atoms with van der Waals surface area (Å²) < 4.78 is 5.43. The molecule has 150 valence electrons. The van der Waals surface area contributed by atoms with Gasteiger partial charge in [0.05, 0.1) is 24.6 Å². The molecule has 0 bridgehead atoms. The number of ether oxygens (including phenoxy) is 1. The van der Waals surface area contributed by atoms with E-state index in [-0.39, 0.29) is 5.91 Å². The van der Waals surface area contributed by atoms with E-state index >= 15 is 0 Å². The monoisotopic (exact) mass is 416 g/mol. The number of nitrogens with one attached hydrogen (secondary N) is 1. The minimum atomic E-state index is -0.186. The molecule has 1 amide bonds. The van der Waals surface area contributed by atoms with E-state index in [2.05, 4.69) is 22.1 Å². The Bertz CT molecular complexity index is 1080. The van der Waals surface area contributed by atoms with Crippen LogP contribution in [-0.4, -0.2) is 32.2 Å². The van der Waals surface area contributed by atoms with Crippen LogP contribution in [0, 0.1) is 11.8 Å². The number of halogens is 1. The third-order valence-corrected chi connectivity index (χ3v) is 5.07. The zero-order chi connectivity index (χ0) is 20.8. The van der Waals surface area contributed by atoms with Crippen molar-refractivity contribution in [3.63, 3.8) is 0 Å². The van der Waals surface area contributed by atoms with Crippen molar-refractivity contribution in [2.45, 2.75) is 0 Å². The number of rotatable bonds is 3. The largest absolute Gasteiger partial charge is 0.378 e. The van der Waals surface area contributed by atoms with Gasteiger partial charge < -0.3 is 15.0 Å². The molecule has 0 unspecified atom stereocenters. The van der Waals surface area contributed by atoms with Gasteiger partial charge in [0.1, 0.15) is 0 Å². The summed E-state index contributed by atoms with van der Waals surface area (Å²) in [7, 11) is 0. The Hall–Kier alpha value is -3.26. The molecule has 0 aliphatic carbocycles. The minimum Gasteiger partial charge on any atom is -0.378 e. The Morgan fingerprint density at radius 2 is 1.57 bits per heavy atom. The Morgan fingerprint density at radius 3 is 2.27 bits per heavy atom. The Balaban J connectivity index is 1.49. The lowest BCUT2D eigenvalue weighted by Crippen LogP contribution is -2.36. The highest BCUT2D eigenvalue weighted by molar-refractivity contribution is 6.31. The van der Waals surface area contributed by atoms with E-state index < -0.39 is 0 Å². The second kappa shape index (κ2) is 9.49. The Labute approximate surface area is 181 Å². The summed E-state index contributed by atoms with van der Waals surface area (Å²) >= 11 is 6.18. The molecular formula is C25H21ClN2O2. The average Bonchev–Trinajstić information content (AvgIpc) is 2.79. The van der Waals surface area contributed by atoms with Crippen molar-refractivity contribution >= 4 is 28.9 Å². The quantitative estimate of drug-likeness (QED) is 0.622. The highest BCUT2D eigenvalue weighted by Crippen LogP contribution is 2.30. The van der Waals surface area contributed by atoms with Crippen LogP contribution in [-0.2, 0) is 4.74 Å². The van der Waals surface area contributed by atoms with E-state index in [9.17, 15) is 4.79 Å². The summed E-state index contributed by atoms with van der Waals surface area (Å²) in [4.78, 5) is 15.0. The number of nitrogens with zero attached hydrogens (tertiary/aromatic N) is 1. The fourth-order valence-electron chi connectivity index (χ4n) is 3.25. The number of anilines is 2. The maximum atomic E-state index is 12.8. The van der Waals surface area contributed by atoms with Crippen molar-refractivity contribution in [2.24, 2.45) is 0 Å². The molecule has 5 heteroatoms. The van der Waals surface area contributed by atoms with E-state index in [0.717, 1.165) is 29.9 Å². The van der Waals surface area contributed by atoms with Crippen molar-refractivity contribution < 1.29 is 9.53 Å². The Kier molecular flexibility index (Phi) is 6.34. The number of morpholine rings is 1. The van der Waals surface area contributed by atoms with Crippen LogP contribution in [0.4, 0.5) is 11.4 Å². The molecule has 4 nitrogen and oxygen atoms in total. The maximum absolute atomic E-state index is 12.8. The standard InChI is InChI=1S/C25H21ClN2O2/c26-22-12-13-24(28-14-16-30-17-15-28)23(18-22)27-25(29)21-10-8-20(9-11-21)7-6-19-4-2-1-3-5-19/h1-5,8-13,18H,14-17H2,(H,27,29). The van der Waals surface area contributed by atoms with Gasteiger partial charge in [-0.15, -0.1) is 0 Å². The van der Waals surface area contributed by atoms with Crippen molar-refractivity contribution in [2.75, 3.05) is 36.5 Å². The van der Waals surface area contributed by atoms with E-state index in [4.69, 9.17) is 16.3 Å². The summed E-state index contributed by atoms with van der Waals surface area (Å²) in [5.41, 5.74) is 4.01. The molecule has 0 atom stereocenters. The summed E-state index contributed by atoms with van der Waals surface area (Å²) in [5.74, 6) is 6.05. The molecule has 1 N–H and O–H groups in total. The summed E-state index contributed by atoms with van der Waals surface area (Å²) in [5, 5.41) is 3.58. The van der Waals surface area contributed by atoms with Gasteiger partial charge in [-0.1, -0.05) is 41.6 Å². The zero-order valence-electron chi connectivity index (χ0n) is 16.4.